The first kappa shape index (κ1) is 34.9. The molecule has 0 heterocycles. The average molecular weight is 705 g/mol. The van der Waals surface area contributed by atoms with Gasteiger partial charge in [0.05, 0.1) is 10.6 Å². The number of sulfonamides is 1. The van der Waals surface area contributed by atoms with E-state index in [0.717, 1.165) is 39.6 Å². The zero-order valence-electron chi connectivity index (χ0n) is 26.7. The Morgan fingerprint density at radius 3 is 2.20 bits per heavy atom. The van der Waals surface area contributed by atoms with Crippen LogP contribution in [0.4, 0.5) is 5.69 Å². The van der Waals surface area contributed by atoms with Gasteiger partial charge in [0.1, 0.15) is 12.6 Å². The highest BCUT2D eigenvalue weighted by atomic mass is 79.9. The molecule has 9 heteroatoms. The van der Waals surface area contributed by atoms with E-state index in [9.17, 15) is 18.0 Å². The Morgan fingerprint density at radius 2 is 1.52 bits per heavy atom. The second kappa shape index (κ2) is 16.6. The summed E-state index contributed by atoms with van der Waals surface area (Å²) in [5, 5.41) is 3.03. The number of carbonyl (C=O) groups is 2. The summed E-state index contributed by atoms with van der Waals surface area (Å²) in [4.78, 5) is 30.1. The molecule has 0 bridgehead atoms. The fourth-order valence-electron chi connectivity index (χ4n) is 5.30. The summed E-state index contributed by atoms with van der Waals surface area (Å²) in [5.74, 6) is -0.754. The van der Waals surface area contributed by atoms with E-state index in [0.29, 0.717) is 18.7 Å². The van der Waals surface area contributed by atoms with Gasteiger partial charge in [-0.25, -0.2) is 8.42 Å². The number of carbonyl (C=O) groups excluding carboxylic acids is 2. The van der Waals surface area contributed by atoms with Crippen LogP contribution >= 0.6 is 15.9 Å². The maximum atomic E-state index is 14.6. The Morgan fingerprint density at radius 1 is 0.848 bits per heavy atom. The lowest BCUT2D eigenvalue weighted by Gasteiger charge is -2.34. The van der Waals surface area contributed by atoms with Crippen LogP contribution in [0.15, 0.2) is 112 Å². The van der Waals surface area contributed by atoms with Gasteiger partial charge in [0.2, 0.25) is 11.8 Å². The van der Waals surface area contributed by atoms with Crippen molar-refractivity contribution in [3.05, 3.63) is 130 Å². The van der Waals surface area contributed by atoms with Crippen LogP contribution in [-0.2, 0) is 39.0 Å². The molecule has 4 aromatic carbocycles. The molecule has 4 rings (SSSR count). The highest BCUT2D eigenvalue weighted by Crippen LogP contribution is 2.29. The van der Waals surface area contributed by atoms with Crippen molar-refractivity contribution in [2.75, 3.05) is 17.4 Å². The minimum absolute atomic E-state index is 0.0912. The Balaban J connectivity index is 1.82. The van der Waals surface area contributed by atoms with E-state index >= 15 is 0 Å². The lowest BCUT2D eigenvalue weighted by molar-refractivity contribution is -0.140. The maximum Gasteiger partial charge on any atom is 0.264 e. The number of hydrogen-bond donors (Lipinski definition) is 1. The standard InChI is InChI=1S/C37H42BrN3O4S/c1-4-6-23-39-37(43)35(25-29-13-8-7-9-14-29)40(26-30-15-12-17-32(38)24-30)36(42)27-41(34-18-11-10-16-31(34)5-2)46(44,45)33-21-19-28(3)20-22-33/h7-22,24,35H,4-6,23,25-27H2,1-3H3,(H,39,43). The van der Waals surface area contributed by atoms with Gasteiger partial charge in [-0.3, -0.25) is 13.9 Å². The first-order chi connectivity index (χ1) is 22.1. The van der Waals surface area contributed by atoms with E-state index in [-0.39, 0.29) is 23.8 Å². The number of hydrogen-bond acceptors (Lipinski definition) is 4. The van der Waals surface area contributed by atoms with Crippen molar-refractivity contribution >= 4 is 43.5 Å². The number of aryl methyl sites for hydroxylation is 2. The number of unbranched alkanes of at least 4 members (excludes halogenated alkanes) is 1. The molecule has 0 aliphatic carbocycles. The number of halogens is 1. The summed E-state index contributed by atoms with van der Waals surface area (Å²) in [6.07, 6.45) is 2.56. The van der Waals surface area contributed by atoms with E-state index < -0.39 is 28.5 Å². The van der Waals surface area contributed by atoms with E-state index in [4.69, 9.17) is 0 Å². The molecule has 242 valence electrons. The smallest absolute Gasteiger partial charge is 0.264 e. The molecule has 1 N–H and O–H groups in total. The first-order valence-corrected chi connectivity index (χ1v) is 17.9. The van der Waals surface area contributed by atoms with Crippen LogP contribution in [0.2, 0.25) is 0 Å². The van der Waals surface area contributed by atoms with Gasteiger partial charge in [-0.1, -0.05) is 115 Å². The number of rotatable bonds is 15. The topological polar surface area (TPSA) is 86.8 Å². The van der Waals surface area contributed by atoms with Crippen molar-refractivity contribution < 1.29 is 18.0 Å². The number of nitrogens with one attached hydrogen (secondary N) is 1. The van der Waals surface area contributed by atoms with E-state index in [1.54, 1.807) is 36.4 Å². The van der Waals surface area contributed by atoms with Crippen molar-refractivity contribution in [2.45, 2.75) is 63.9 Å². The largest absolute Gasteiger partial charge is 0.354 e. The molecule has 1 atom stereocenters. The van der Waals surface area contributed by atoms with Gasteiger partial charge in [-0.05, 0) is 66.8 Å². The fourth-order valence-corrected chi connectivity index (χ4v) is 7.19. The number of para-hydroxylation sites is 1. The van der Waals surface area contributed by atoms with Crippen molar-refractivity contribution in [1.82, 2.24) is 10.2 Å². The number of amides is 2. The third kappa shape index (κ3) is 9.07. The minimum Gasteiger partial charge on any atom is -0.354 e. The number of nitrogens with zero attached hydrogens (tertiary/aromatic N) is 2. The molecule has 0 saturated carbocycles. The molecule has 4 aromatic rings. The second-order valence-corrected chi connectivity index (χ2v) is 14.1. The summed E-state index contributed by atoms with van der Waals surface area (Å²) in [6, 6.07) is 30.1. The Bertz CT molecular complexity index is 1710. The van der Waals surface area contributed by atoms with Crippen LogP contribution in [0, 0.1) is 6.92 Å². The zero-order valence-corrected chi connectivity index (χ0v) is 29.1. The van der Waals surface area contributed by atoms with Crippen molar-refractivity contribution in [1.29, 1.82) is 0 Å². The van der Waals surface area contributed by atoms with Gasteiger partial charge >= 0.3 is 0 Å². The average Bonchev–Trinajstić information content (AvgIpc) is 3.05. The number of anilines is 1. The fraction of sp³-hybridized carbons (Fsp3) is 0.297. The van der Waals surface area contributed by atoms with Crippen molar-refractivity contribution in [3.8, 4) is 0 Å². The Labute approximate surface area is 281 Å². The number of benzene rings is 4. The van der Waals surface area contributed by atoms with E-state index in [2.05, 4.69) is 21.2 Å². The van der Waals surface area contributed by atoms with Crippen LogP contribution in [0.3, 0.4) is 0 Å². The van der Waals surface area contributed by atoms with Crippen LogP contribution in [0.5, 0.6) is 0 Å². The highest BCUT2D eigenvalue weighted by molar-refractivity contribution is 9.10. The van der Waals surface area contributed by atoms with Gasteiger partial charge in [0, 0.05) is 24.0 Å². The van der Waals surface area contributed by atoms with Gasteiger partial charge in [0.25, 0.3) is 10.0 Å². The zero-order chi connectivity index (χ0) is 33.1. The van der Waals surface area contributed by atoms with Crippen molar-refractivity contribution in [3.63, 3.8) is 0 Å². The molecule has 1 unspecified atom stereocenters. The molecule has 0 aromatic heterocycles. The quantitative estimate of drug-likeness (QED) is 0.134. The summed E-state index contributed by atoms with van der Waals surface area (Å²) in [5.41, 5.74) is 3.86. The van der Waals surface area contributed by atoms with Gasteiger partial charge < -0.3 is 10.2 Å². The Hall–Kier alpha value is -3.95. The van der Waals surface area contributed by atoms with E-state index in [1.807, 2.05) is 87.5 Å². The highest BCUT2D eigenvalue weighted by Gasteiger charge is 2.35. The van der Waals surface area contributed by atoms with Crippen LogP contribution < -0.4 is 9.62 Å². The lowest BCUT2D eigenvalue weighted by Crippen LogP contribution is -2.53. The predicted octanol–water partition coefficient (Wildman–Crippen LogP) is 7.07. The first-order valence-electron chi connectivity index (χ1n) is 15.7. The Kier molecular flexibility index (Phi) is 12.6. The molecular weight excluding hydrogens is 662 g/mol. The lowest BCUT2D eigenvalue weighted by atomic mass is 10.0. The SMILES string of the molecule is CCCCNC(=O)C(Cc1ccccc1)N(Cc1cccc(Br)c1)C(=O)CN(c1ccccc1CC)S(=O)(=O)c1ccc(C)cc1. The molecule has 0 aliphatic heterocycles. The van der Waals surface area contributed by atoms with Crippen LogP contribution in [0.1, 0.15) is 48.9 Å². The molecule has 2 amide bonds. The molecule has 0 aliphatic rings. The second-order valence-electron chi connectivity index (χ2n) is 11.3. The van der Waals surface area contributed by atoms with Gasteiger partial charge in [-0.2, -0.15) is 0 Å². The summed E-state index contributed by atoms with van der Waals surface area (Å²) in [6.45, 7) is 6.01. The molecule has 0 radical (unpaired) electrons. The van der Waals surface area contributed by atoms with Gasteiger partial charge in [0.15, 0.2) is 0 Å². The third-order valence-electron chi connectivity index (χ3n) is 7.87. The third-order valence-corrected chi connectivity index (χ3v) is 10.1. The monoisotopic (exact) mass is 703 g/mol. The molecule has 0 spiro atoms. The molecule has 7 nitrogen and oxygen atoms in total. The summed E-state index contributed by atoms with van der Waals surface area (Å²) < 4.78 is 30.7. The summed E-state index contributed by atoms with van der Waals surface area (Å²) in [7, 11) is -4.16. The summed E-state index contributed by atoms with van der Waals surface area (Å²) >= 11 is 3.52. The molecule has 0 saturated heterocycles. The predicted molar refractivity (Wildman–Crippen MR) is 188 cm³/mol. The molecular formula is C37H42BrN3O4S. The molecule has 0 fully saturated rings. The van der Waals surface area contributed by atoms with E-state index in [1.165, 1.54) is 9.21 Å². The normalized spacial score (nSPS) is 11.9. The maximum absolute atomic E-state index is 14.6. The molecule has 46 heavy (non-hydrogen) atoms. The minimum atomic E-state index is -4.16. The van der Waals surface area contributed by atoms with Crippen LogP contribution in [0.25, 0.3) is 0 Å². The van der Waals surface area contributed by atoms with Crippen molar-refractivity contribution in [2.24, 2.45) is 0 Å². The van der Waals surface area contributed by atoms with Gasteiger partial charge in [-0.15, -0.1) is 0 Å². The van der Waals surface area contributed by atoms with Crippen LogP contribution in [-0.4, -0.2) is 44.3 Å².